The maximum atomic E-state index is 11.9. The van der Waals surface area contributed by atoms with Crippen molar-refractivity contribution in [3.63, 3.8) is 0 Å². The Balaban J connectivity index is 1.82. The van der Waals surface area contributed by atoms with Gasteiger partial charge in [0.2, 0.25) is 5.91 Å². The van der Waals surface area contributed by atoms with E-state index in [4.69, 9.17) is 23.2 Å². The Kier molecular flexibility index (Phi) is 5.66. The molecule has 0 bridgehead atoms. The molecule has 1 atom stereocenters. The van der Waals surface area contributed by atoms with Gasteiger partial charge in [0.1, 0.15) is 0 Å². The fourth-order valence-corrected chi connectivity index (χ4v) is 2.62. The summed E-state index contributed by atoms with van der Waals surface area (Å²) in [7, 11) is 0. The molecule has 0 saturated carbocycles. The van der Waals surface area contributed by atoms with Gasteiger partial charge in [-0.3, -0.25) is 4.79 Å². The third-order valence-electron chi connectivity index (χ3n) is 3.31. The van der Waals surface area contributed by atoms with Crippen LogP contribution in [0, 0.1) is 0 Å². The Morgan fingerprint density at radius 2 is 2.30 bits per heavy atom. The number of hydrogen-bond acceptors (Lipinski definition) is 3. The average molecular weight is 316 g/mol. The summed E-state index contributed by atoms with van der Waals surface area (Å²) < 4.78 is 0. The number of piperazine rings is 1. The van der Waals surface area contributed by atoms with Crippen molar-refractivity contribution in [2.75, 3.05) is 31.5 Å². The molecule has 2 rings (SSSR count). The predicted octanol–water partition coefficient (Wildman–Crippen LogP) is 2.62. The Morgan fingerprint density at radius 3 is 3.05 bits per heavy atom. The van der Waals surface area contributed by atoms with Crippen molar-refractivity contribution in [3.05, 3.63) is 28.2 Å². The van der Waals surface area contributed by atoms with E-state index in [1.807, 2.05) is 0 Å². The van der Waals surface area contributed by atoms with Crippen molar-refractivity contribution < 1.29 is 4.79 Å². The van der Waals surface area contributed by atoms with Crippen molar-refractivity contribution in [2.45, 2.75) is 19.4 Å². The standard InChI is InChI=1S/C14H19Cl2N3O/c1-10-9-19(7-5-17-10)6-4-14(20)18-13-8-11(15)2-3-12(13)16/h2-3,8,10,17H,4-7,9H2,1H3,(H,18,20)/t10-/m1/s1. The normalized spacial score (nSPS) is 19.9. The largest absolute Gasteiger partial charge is 0.325 e. The molecule has 2 N–H and O–H groups in total. The summed E-state index contributed by atoms with van der Waals surface area (Å²) in [6.45, 7) is 5.84. The van der Waals surface area contributed by atoms with Crippen LogP contribution in [0.4, 0.5) is 5.69 Å². The van der Waals surface area contributed by atoms with E-state index >= 15 is 0 Å². The van der Waals surface area contributed by atoms with Gasteiger partial charge < -0.3 is 15.5 Å². The lowest BCUT2D eigenvalue weighted by molar-refractivity contribution is -0.116. The number of rotatable bonds is 4. The lowest BCUT2D eigenvalue weighted by atomic mass is 10.2. The zero-order valence-electron chi connectivity index (χ0n) is 11.5. The fraction of sp³-hybridized carbons (Fsp3) is 0.500. The predicted molar refractivity (Wildman–Crippen MR) is 83.6 cm³/mol. The first-order chi connectivity index (χ1) is 9.54. The maximum absolute atomic E-state index is 11.9. The van der Waals surface area contributed by atoms with Gasteiger partial charge in [-0.25, -0.2) is 0 Å². The number of nitrogens with one attached hydrogen (secondary N) is 2. The summed E-state index contributed by atoms with van der Waals surface area (Å²) in [5.74, 6) is -0.0413. The van der Waals surface area contributed by atoms with Gasteiger partial charge >= 0.3 is 0 Å². The van der Waals surface area contributed by atoms with E-state index < -0.39 is 0 Å². The van der Waals surface area contributed by atoms with Crippen molar-refractivity contribution in [1.82, 2.24) is 10.2 Å². The van der Waals surface area contributed by atoms with Crippen LogP contribution >= 0.6 is 23.2 Å². The van der Waals surface area contributed by atoms with Crippen LogP contribution in [0.25, 0.3) is 0 Å². The van der Waals surface area contributed by atoms with Gasteiger partial charge in [-0.15, -0.1) is 0 Å². The number of halogens is 2. The van der Waals surface area contributed by atoms with Crippen LogP contribution in [0.2, 0.25) is 10.0 Å². The number of carbonyl (C=O) groups is 1. The quantitative estimate of drug-likeness (QED) is 0.897. The monoisotopic (exact) mass is 315 g/mol. The van der Waals surface area contributed by atoms with Gasteiger partial charge in [-0.05, 0) is 25.1 Å². The highest BCUT2D eigenvalue weighted by molar-refractivity contribution is 6.35. The molecule has 1 aromatic rings. The van der Waals surface area contributed by atoms with Gasteiger partial charge in [-0.2, -0.15) is 0 Å². The molecule has 1 amide bonds. The smallest absolute Gasteiger partial charge is 0.225 e. The second kappa shape index (κ2) is 7.27. The van der Waals surface area contributed by atoms with Crippen molar-refractivity contribution in [1.29, 1.82) is 0 Å². The Morgan fingerprint density at radius 1 is 1.50 bits per heavy atom. The first-order valence-corrected chi connectivity index (χ1v) is 7.51. The molecule has 1 saturated heterocycles. The molecule has 1 aromatic carbocycles. The van der Waals surface area contributed by atoms with E-state index in [2.05, 4.69) is 22.5 Å². The molecule has 1 heterocycles. The van der Waals surface area contributed by atoms with Crippen molar-refractivity contribution in [3.8, 4) is 0 Å². The fourth-order valence-electron chi connectivity index (χ4n) is 2.28. The molecular formula is C14H19Cl2N3O. The molecule has 20 heavy (non-hydrogen) atoms. The molecule has 0 aromatic heterocycles. The molecular weight excluding hydrogens is 297 g/mol. The molecule has 4 nitrogen and oxygen atoms in total. The molecule has 110 valence electrons. The van der Waals surface area contributed by atoms with Gasteiger partial charge in [-0.1, -0.05) is 23.2 Å². The molecule has 6 heteroatoms. The summed E-state index contributed by atoms with van der Waals surface area (Å²) in [6, 6.07) is 5.52. The average Bonchev–Trinajstić information content (AvgIpc) is 2.41. The molecule has 1 fully saturated rings. The van der Waals surface area contributed by atoms with E-state index in [1.54, 1.807) is 18.2 Å². The minimum absolute atomic E-state index is 0.0413. The second-order valence-corrected chi connectivity index (χ2v) is 5.92. The summed E-state index contributed by atoms with van der Waals surface area (Å²) >= 11 is 11.9. The van der Waals surface area contributed by atoms with E-state index in [9.17, 15) is 4.79 Å². The zero-order valence-corrected chi connectivity index (χ0v) is 13.0. The SMILES string of the molecule is C[C@@H]1CN(CCC(=O)Nc2cc(Cl)ccc2Cl)CCN1. The van der Waals surface area contributed by atoms with Crippen LogP contribution in [0.15, 0.2) is 18.2 Å². The minimum Gasteiger partial charge on any atom is -0.325 e. The van der Waals surface area contributed by atoms with Gasteiger partial charge in [0, 0.05) is 43.7 Å². The van der Waals surface area contributed by atoms with Crippen LogP contribution in [-0.4, -0.2) is 43.0 Å². The van der Waals surface area contributed by atoms with Crippen LogP contribution in [-0.2, 0) is 4.79 Å². The molecule has 1 aliphatic rings. The highest BCUT2D eigenvalue weighted by Crippen LogP contribution is 2.25. The van der Waals surface area contributed by atoms with E-state index in [-0.39, 0.29) is 5.91 Å². The Labute approximate surface area is 129 Å². The third kappa shape index (κ3) is 4.63. The molecule has 0 aliphatic carbocycles. The highest BCUT2D eigenvalue weighted by atomic mass is 35.5. The van der Waals surface area contributed by atoms with Crippen LogP contribution in [0.3, 0.4) is 0 Å². The van der Waals surface area contributed by atoms with E-state index in [1.165, 1.54) is 0 Å². The van der Waals surface area contributed by atoms with Gasteiger partial charge in [0.05, 0.1) is 10.7 Å². The van der Waals surface area contributed by atoms with Gasteiger partial charge in [0.15, 0.2) is 0 Å². The molecule has 0 radical (unpaired) electrons. The first kappa shape index (κ1) is 15.6. The maximum Gasteiger partial charge on any atom is 0.225 e. The van der Waals surface area contributed by atoms with Crippen LogP contribution in [0.5, 0.6) is 0 Å². The lowest BCUT2D eigenvalue weighted by Crippen LogP contribution is -2.49. The summed E-state index contributed by atoms with van der Waals surface area (Å²) in [4.78, 5) is 14.2. The zero-order chi connectivity index (χ0) is 14.5. The van der Waals surface area contributed by atoms with Crippen LogP contribution in [0.1, 0.15) is 13.3 Å². The Bertz CT molecular complexity index is 481. The number of anilines is 1. The number of nitrogens with zero attached hydrogens (tertiary/aromatic N) is 1. The van der Waals surface area contributed by atoms with Gasteiger partial charge in [0.25, 0.3) is 0 Å². The summed E-state index contributed by atoms with van der Waals surface area (Å²) in [5, 5.41) is 7.24. The first-order valence-electron chi connectivity index (χ1n) is 6.75. The number of hydrogen-bond donors (Lipinski definition) is 2. The lowest BCUT2D eigenvalue weighted by Gasteiger charge is -2.31. The minimum atomic E-state index is -0.0413. The number of amides is 1. The van der Waals surface area contributed by atoms with Crippen molar-refractivity contribution in [2.24, 2.45) is 0 Å². The Hall–Kier alpha value is -0.810. The highest BCUT2D eigenvalue weighted by Gasteiger charge is 2.16. The molecule has 0 spiro atoms. The summed E-state index contributed by atoms with van der Waals surface area (Å²) in [6.07, 6.45) is 0.454. The van der Waals surface area contributed by atoms with Crippen LogP contribution < -0.4 is 10.6 Å². The van der Waals surface area contributed by atoms with E-state index in [0.29, 0.717) is 28.2 Å². The van der Waals surface area contributed by atoms with E-state index in [0.717, 1.165) is 26.2 Å². The second-order valence-electron chi connectivity index (χ2n) is 5.08. The number of carbonyl (C=O) groups excluding carboxylic acids is 1. The van der Waals surface area contributed by atoms with Crippen molar-refractivity contribution >= 4 is 34.8 Å². The summed E-state index contributed by atoms with van der Waals surface area (Å²) in [5.41, 5.74) is 0.567. The third-order valence-corrected chi connectivity index (χ3v) is 3.88. The molecule has 0 unspecified atom stereocenters. The molecule has 1 aliphatic heterocycles. The topological polar surface area (TPSA) is 44.4 Å². The number of benzene rings is 1.